The van der Waals surface area contributed by atoms with Gasteiger partial charge in [0, 0.05) is 10.2 Å². The summed E-state index contributed by atoms with van der Waals surface area (Å²) in [6.07, 6.45) is 8.02. The number of nitrogens with zero attached hydrogens (tertiary/aromatic N) is 1. The number of allylic oxidation sites excluding steroid dienone is 1. The highest BCUT2D eigenvalue weighted by Gasteiger charge is 2.37. The minimum absolute atomic E-state index is 0.353. The van der Waals surface area contributed by atoms with E-state index in [9.17, 15) is 0 Å². The first-order chi connectivity index (χ1) is 9.85. The van der Waals surface area contributed by atoms with Crippen molar-refractivity contribution >= 4 is 29.2 Å². The molecule has 0 spiro atoms. The van der Waals surface area contributed by atoms with Crippen LogP contribution >= 0.6 is 23.5 Å². The monoisotopic (exact) mass is 304 g/mol. The summed E-state index contributed by atoms with van der Waals surface area (Å²) in [6.45, 7) is 0. The second-order valence-electron chi connectivity index (χ2n) is 5.19. The van der Waals surface area contributed by atoms with Gasteiger partial charge in [-0.3, -0.25) is 0 Å². The van der Waals surface area contributed by atoms with E-state index in [1.807, 2.05) is 23.5 Å². The van der Waals surface area contributed by atoms with Crippen LogP contribution in [0.5, 0.6) is 0 Å². The normalized spacial score (nSPS) is 24.9. The first-order valence-corrected chi connectivity index (χ1v) is 9.49. The number of benzene rings is 1. The Kier molecular flexibility index (Phi) is 4.41. The van der Waals surface area contributed by atoms with Crippen LogP contribution in [-0.2, 0) is 0 Å². The lowest BCUT2D eigenvalue weighted by Gasteiger charge is -2.27. The molecule has 0 bridgehead atoms. The molecule has 1 aliphatic heterocycles. The van der Waals surface area contributed by atoms with E-state index in [0.717, 1.165) is 0 Å². The van der Waals surface area contributed by atoms with Gasteiger partial charge in [-0.05, 0) is 42.9 Å². The molecule has 0 unspecified atom stereocenters. The van der Waals surface area contributed by atoms with Gasteiger partial charge in [0.2, 0.25) is 0 Å². The van der Waals surface area contributed by atoms with Crippen LogP contribution in [0.1, 0.15) is 30.9 Å². The van der Waals surface area contributed by atoms with Crippen molar-refractivity contribution in [1.82, 2.24) is 5.43 Å². The van der Waals surface area contributed by atoms with Crippen LogP contribution in [0.25, 0.3) is 0 Å². The Bertz CT molecular complexity index is 531. The van der Waals surface area contributed by atoms with E-state index >= 15 is 0 Å². The molecule has 1 heterocycles. The predicted octanol–water partition coefficient (Wildman–Crippen LogP) is 4.42. The van der Waals surface area contributed by atoms with Crippen molar-refractivity contribution in [3.63, 3.8) is 0 Å². The van der Waals surface area contributed by atoms with Gasteiger partial charge in [0.25, 0.3) is 0 Å². The molecular weight excluding hydrogens is 284 g/mol. The molecule has 1 N–H and O–H groups in total. The van der Waals surface area contributed by atoms with Crippen LogP contribution in [0.3, 0.4) is 0 Å². The molecule has 106 valence electrons. The first-order valence-electron chi connectivity index (χ1n) is 7.04. The standard InChI is InChI=1S/C16H20N2S2/c1-19-16(20-2)13-10-6-9-12-14(17-18-15(12)13)11-7-4-3-5-8-11/h3-5,7-8,12,14,17H,6,9-10H2,1-2H3/t12-,14+/m1/s1. The summed E-state index contributed by atoms with van der Waals surface area (Å²) < 4.78 is 1.43. The fraction of sp³-hybridized carbons (Fsp3) is 0.438. The van der Waals surface area contributed by atoms with E-state index in [1.165, 1.54) is 40.3 Å². The zero-order valence-corrected chi connectivity index (χ0v) is 13.6. The summed E-state index contributed by atoms with van der Waals surface area (Å²) in [4.78, 5) is 0. The molecule has 1 saturated carbocycles. The van der Waals surface area contributed by atoms with E-state index in [1.54, 1.807) is 0 Å². The summed E-state index contributed by atoms with van der Waals surface area (Å²) in [5, 5.41) is 4.70. The van der Waals surface area contributed by atoms with Gasteiger partial charge >= 0.3 is 0 Å². The van der Waals surface area contributed by atoms with E-state index in [0.29, 0.717) is 12.0 Å². The third-order valence-electron chi connectivity index (χ3n) is 4.10. The lowest BCUT2D eigenvalue weighted by molar-refractivity contribution is 0.451. The maximum atomic E-state index is 4.70. The van der Waals surface area contributed by atoms with Gasteiger partial charge in [-0.2, -0.15) is 5.10 Å². The third kappa shape index (κ3) is 2.51. The minimum Gasteiger partial charge on any atom is -0.302 e. The Morgan fingerprint density at radius 2 is 1.95 bits per heavy atom. The van der Waals surface area contributed by atoms with Crippen molar-refractivity contribution in [2.24, 2.45) is 11.0 Å². The minimum atomic E-state index is 0.353. The van der Waals surface area contributed by atoms with Crippen molar-refractivity contribution < 1.29 is 0 Å². The van der Waals surface area contributed by atoms with E-state index in [-0.39, 0.29) is 0 Å². The van der Waals surface area contributed by atoms with Gasteiger partial charge in [-0.15, -0.1) is 23.5 Å². The zero-order chi connectivity index (χ0) is 13.9. The van der Waals surface area contributed by atoms with E-state index < -0.39 is 0 Å². The number of fused-ring (bicyclic) bond motifs is 1. The first kappa shape index (κ1) is 14.1. The molecule has 0 aromatic heterocycles. The molecule has 0 saturated heterocycles. The van der Waals surface area contributed by atoms with Crippen LogP contribution in [0.2, 0.25) is 0 Å². The number of hydrogen-bond acceptors (Lipinski definition) is 4. The fourth-order valence-electron chi connectivity index (χ4n) is 3.19. The maximum absolute atomic E-state index is 4.70. The highest BCUT2D eigenvalue weighted by atomic mass is 32.2. The topological polar surface area (TPSA) is 24.4 Å². The molecule has 1 aromatic carbocycles. The van der Waals surface area contributed by atoms with Crippen LogP contribution in [-0.4, -0.2) is 18.2 Å². The number of hydrazone groups is 1. The second kappa shape index (κ2) is 6.27. The van der Waals surface area contributed by atoms with Gasteiger partial charge in [-0.1, -0.05) is 30.3 Å². The van der Waals surface area contributed by atoms with Crippen molar-refractivity contribution in [3.05, 3.63) is 45.7 Å². The van der Waals surface area contributed by atoms with Crippen molar-refractivity contribution in [3.8, 4) is 0 Å². The molecular formula is C16H20N2S2. The van der Waals surface area contributed by atoms with Crippen molar-refractivity contribution in [2.45, 2.75) is 25.3 Å². The lowest BCUT2D eigenvalue weighted by atomic mass is 9.79. The third-order valence-corrected chi connectivity index (χ3v) is 6.34. The second-order valence-corrected chi connectivity index (χ2v) is 7.08. The lowest BCUT2D eigenvalue weighted by Crippen LogP contribution is -2.25. The molecule has 1 fully saturated rings. The number of thioether (sulfide) groups is 2. The van der Waals surface area contributed by atoms with Crippen LogP contribution < -0.4 is 5.43 Å². The highest BCUT2D eigenvalue weighted by molar-refractivity contribution is 8.21. The van der Waals surface area contributed by atoms with Gasteiger partial charge in [0.1, 0.15) is 0 Å². The molecule has 2 nitrogen and oxygen atoms in total. The van der Waals surface area contributed by atoms with Gasteiger partial charge in [0.05, 0.1) is 11.8 Å². The molecule has 2 aliphatic rings. The summed E-state index contributed by atoms with van der Waals surface area (Å²) in [5.74, 6) is 0.537. The van der Waals surface area contributed by atoms with E-state index in [4.69, 9.17) is 5.10 Å². The van der Waals surface area contributed by atoms with Gasteiger partial charge < -0.3 is 5.43 Å². The molecule has 2 atom stereocenters. The molecule has 4 heteroatoms. The summed E-state index contributed by atoms with van der Waals surface area (Å²) >= 11 is 3.71. The molecule has 20 heavy (non-hydrogen) atoms. The predicted molar refractivity (Wildman–Crippen MR) is 91.2 cm³/mol. The Morgan fingerprint density at radius 1 is 1.20 bits per heavy atom. The largest absolute Gasteiger partial charge is 0.302 e. The highest BCUT2D eigenvalue weighted by Crippen LogP contribution is 2.42. The Balaban J connectivity index is 1.90. The quantitative estimate of drug-likeness (QED) is 0.894. The maximum Gasteiger partial charge on any atom is 0.0773 e. The zero-order valence-electron chi connectivity index (χ0n) is 11.9. The molecule has 1 aliphatic carbocycles. The number of nitrogens with one attached hydrogen (secondary N) is 1. The van der Waals surface area contributed by atoms with Crippen molar-refractivity contribution in [2.75, 3.05) is 12.5 Å². The Labute approximate surface area is 129 Å². The van der Waals surface area contributed by atoms with Crippen molar-refractivity contribution in [1.29, 1.82) is 0 Å². The number of rotatable bonds is 3. The fourth-order valence-corrected chi connectivity index (χ4v) is 4.77. The molecule has 0 radical (unpaired) electrons. The molecule has 1 aromatic rings. The van der Waals surface area contributed by atoms with Gasteiger partial charge in [0.15, 0.2) is 0 Å². The summed E-state index contributed by atoms with van der Waals surface area (Å²) in [6, 6.07) is 11.1. The average Bonchev–Trinajstić information content (AvgIpc) is 2.94. The van der Waals surface area contributed by atoms with Crippen LogP contribution in [0.15, 0.2) is 45.2 Å². The molecule has 3 rings (SSSR count). The smallest absolute Gasteiger partial charge is 0.0773 e. The van der Waals surface area contributed by atoms with E-state index in [2.05, 4.69) is 48.3 Å². The Morgan fingerprint density at radius 3 is 2.65 bits per heavy atom. The van der Waals surface area contributed by atoms with Gasteiger partial charge in [-0.25, -0.2) is 0 Å². The summed E-state index contributed by atoms with van der Waals surface area (Å²) in [5.41, 5.74) is 7.53. The van der Waals surface area contributed by atoms with Crippen LogP contribution in [0.4, 0.5) is 0 Å². The SMILES string of the molecule is CSC(SC)=C1CCC[C@H]2C1=NN[C@H]2c1ccccc1. The van der Waals surface area contributed by atoms with Crippen LogP contribution in [0, 0.1) is 5.92 Å². The Hall–Kier alpha value is -0.870. The molecule has 0 amide bonds. The average molecular weight is 304 g/mol. The summed E-state index contributed by atoms with van der Waals surface area (Å²) in [7, 11) is 0. The number of hydrogen-bond donors (Lipinski definition) is 1.